The molecule has 4 rings (SSSR count). The van der Waals surface area contributed by atoms with E-state index in [0.29, 0.717) is 0 Å². The summed E-state index contributed by atoms with van der Waals surface area (Å²) in [6.45, 7) is 2.12. The first-order valence-corrected chi connectivity index (χ1v) is 11.6. The van der Waals surface area contributed by atoms with E-state index < -0.39 is 0 Å². The van der Waals surface area contributed by atoms with Crippen LogP contribution in [0, 0.1) is 23.2 Å². The van der Waals surface area contributed by atoms with Crippen LogP contribution in [0.25, 0.3) is 0 Å². The molecule has 0 aliphatic heterocycles. The van der Waals surface area contributed by atoms with Crippen LogP contribution in [0.1, 0.15) is 110 Å². The maximum Gasteiger partial charge on any atom is 0.312 e. The van der Waals surface area contributed by atoms with Crippen LogP contribution in [0.15, 0.2) is 0 Å². The molecule has 0 radical (unpaired) electrons. The van der Waals surface area contributed by atoms with Gasteiger partial charge in [0.05, 0.1) is 0 Å². The summed E-state index contributed by atoms with van der Waals surface area (Å²) in [4.78, 5) is 10.9. The average Bonchev–Trinajstić information content (AvgIpc) is 2.57. The summed E-state index contributed by atoms with van der Waals surface area (Å²) < 4.78 is 0. The van der Waals surface area contributed by atoms with Crippen molar-refractivity contribution < 1.29 is 4.79 Å². The van der Waals surface area contributed by atoms with E-state index in [2.05, 4.69) is 12.2 Å². The Labute approximate surface area is 161 Å². The molecule has 0 aromatic carbocycles. The van der Waals surface area contributed by atoms with Crippen LogP contribution >= 0.6 is 0 Å². The quantitative estimate of drug-likeness (QED) is 0.401. The maximum atomic E-state index is 10.9. The van der Waals surface area contributed by atoms with Crippen LogP contribution in [-0.4, -0.2) is 12.1 Å². The Hall–Kier alpha value is -0.730. The topological polar surface area (TPSA) is 55.1 Å². The fraction of sp³-hybridized carbons (Fsp3) is 0.957. The van der Waals surface area contributed by atoms with E-state index in [1.165, 1.54) is 51.4 Å². The second-order valence-electron chi connectivity index (χ2n) is 10.0. The SMILES string of the molecule is CCC(CCCCCCCCCC12CC3CC(CC(C3)C1)C2)NC(N)=O. The number of amides is 2. The molecule has 4 fully saturated rings. The molecule has 4 aliphatic rings. The fourth-order valence-electron chi connectivity index (χ4n) is 6.95. The van der Waals surface area contributed by atoms with Gasteiger partial charge in [0.25, 0.3) is 0 Å². The summed E-state index contributed by atoms with van der Waals surface area (Å²) in [6.07, 6.45) is 22.7. The van der Waals surface area contributed by atoms with E-state index in [9.17, 15) is 4.79 Å². The highest BCUT2D eigenvalue weighted by Crippen LogP contribution is 2.61. The normalized spacial score (nSPS) is 33.3. The molecule has 150 valence electrons. The molecule has 3 N–H and O–H groups in total. The van der Waals surface area contributed by atoms with Crippen LogP contribution in [0.4, 0.5) is 4.79 Å². The summed E-state index contributed by atoms with van der Waals surface area (Å²) in [5, 5.41) is 2.84. The molecule has 0 aromatic heterocycles. The fourth-order valence-corrected chi connectivity index (χ4v) is 6.95. The third-order valence-corrected chi connectivity index (χ3v) is 7.76. The first-order chi connectivity index (χ1) is 12.6. The number of rotatable bonds is 12. The van der Waals surface area contributed by atoms with Crippen molar-refractivity contribution in [1.82, 2.24) is 5.32 Å². The monoisotopic (exact) mass is 362 g/mol. The van der Waals surface area contributed by atoms with E-state index in [1.807, 2.05) is 0 Å². The number of hydrogen-bond donors (Lipinski definition) is 2. The molecule has 2 amide bonds. The van der Waals surface area contributed by atoms with Gasteiger partial charge in [0.15, 0.2) is 0 Å². The van der Waals surface area contributed by atoms with Gasteiger partial charge in [-0.25, -0.2) is 4.79 Å². The second-order valence-corrected chi connectivity index (χ2v) is 10.0. The van der Waals surface area contributed by atoms with Crippen LogP contribution in [-0.2, 0) is 0 Å². The van der Waals surface area contributed by atoms with E-state index in [-0.39, 0.29) is 12.1 Å². The molecular formula is C23H42N2O. The van der Waals surface area contributed by atoms with Gasteiger partial charge in [0.2, 0.25) is 0 Å². The summed E-state index contributed by atoms with van der Waals surface area (Å²) in [6, 6.07) is -0.108. The number of nitrogens with one attached hydrogen (secondary N) is 1. The molecule has 0 spiro atoms. The largest absolute Gasteiger partial charge is 0.352 e. The highest BCUT2D eigenvalue weighted by molar-refractivity contribution is 5.71. The molecule has 1 atom stereocenters. The van der Waals surface area contributed by atoms with Crippen LogP contribution in [0.2, 0.25) is 0 Å². The first-order valence-electron chi connectivity index (χ1n) is 11.6. The Kier molecular flexibility index (Phi) is 7.28. The molecular weight excluding hydrogens is 320 g/mol. The molecule has 3 heteroatoms. The number of carbonyl (C=O) groups is 1. The Morgan fingerprint density at radius 3 is 1.92 bits per heavy atom. The zero-order chi connectivity index (χ0) is 18.4. The molecule has 4 bridgehead atoms. The Bertz CT molecular complexity index is 412. The zero-order valence-corrected chi connectivity index (χ0v) is 17.1. The molecule has 1 unspecified atom stereocenters. The highest BCUT2D eigenvalue weighted by atomic mass is 16.2. The van der Waals surface area contributed by atoms with Gasteiger partial charge in [-0.05, 0) is 81.0 Å². The van der Waals surface area contributed by atoms with Gasteiger partial charge in [-0.3, -0.25) is 0 Å². The molecule has 4 saturated carbocycles. The van der Waals surface area contributed by atoms with Gasteiger partial charge in [0.1, 0.15) is 0 Å². The molecule has 0 heterocycles. The van der Waals surface area contributed by atoms with Gasteiger partial charge in [-0.2, -0.15) is 0 Å². The lowest BCUT2D eigenvalue weighted by molar-refractivity contribution is -0.0583. The van der Waals surface area contributed by atoms with Gasteiger partial charge < -0.3 is 11.1 Å². The average molecular weight is 363 g/mol. The lowest BCUT2D eigenvalue weighted by atomic mass is 9.48. The van der Waals surface area contributed by atoms with Gasteiger partial charge >= 0.3 is 6.03 Å². The van der Waals surface area contributed by atoms with Crippen LogP contribution < -0.4 is 11.1 Å². The predicted octanol–water partition coefficient (Wildman–Crippen LogP) is 6.16. The van der Waals surface area contributed by atoms with Crippen molar-refractivity contribution in [2.24, 2.45) is 28.9 Å². The van der Waals surface area contributed by atoms with Crippen molar-refractivity contribution in [2.75, 3.05) is 0 Å². The Balaban J connectivity index is 1.19. The first kappa shape index (κ1) is 20.0. The molecule has 26 heavy (non-hydrogen) atoms. The van der Waals surface area contributed by atoms with Crippen molar-refractivity contribution in [3.63, 3.8) is 0 Å². The highest BCUT2D eigenvalue weighted by Gasteiger charge is 2.50. The number of urea groups is 1. The van der Waals surface area contributed by atoms with E-state index in [0.717, 1.165) is 36.0 Å². The third kappa shape index (κ3) is 5.63. The van der Waals surface area contributed by atoms with Crippen molar-refractivity contribution in [2.45, 2.75) is 116 Å². The molecule has 0 saturated heterocycles. The lowest BCUT2D eigenvalue weighted by Crippen LogP contribution is -2.45. The van der Waals surface area contributed by atoms with E-state index in [1.54, 1.807) is 38.5 Å². The van der Waals surface area contributed by atoms with Crippen molar-refractivity contribution >= 4 is 6.03 Å². The third-order valence-electron chi connectivity index (χ3n) is 7.76. The van der Waals surface area contributed by atoms with Crippen LogP contribution in [0.3, 0.4) is 0 Å². The molecule has 0 aromatic rings. The summed E-state index contributed by atoms with van der Waals surface area (Å²) in [7, 11) is 0. The molecule has 3 nitrogen and oxygen atoms in total. The number of hydrogen-bond acceptors (Lipinski definition) is 1. The van der Waals surface area contributed by atoms with Crippen LogP contribution in [0.5, 0.6) is 0 Å². The predicted molar refractivity (Wildman–Crippen MR) is 109 cm³/mol. The van der Waals surface area contributed by atoms with Crippen molar-refractivity contribution in [3.8, 4) is 0 Å². The zero-order valence-electron chi connectivity index (χ0n) is 17.1. The smallest absolute Gasteiger partial charge is 0.312 e. The summed E-state index contributed by atoms with van der Waals surface area (Å²) in [5.41, 5.74) is 6.00. The second kappa shape index (κ2) is 9.46. The van der Waals surface area contributed by atoms with Gasteiger partial charge in [-0.15, -0.1) is 0 Å². The van der Waals surface area contributed by atoms with Gasteiger partial charge in [0, 0.05) is 6.04 Å². The van der Waals surface area contributed by atoms with Crippen molar-refractivity contribution in [3.05, 3.63) is 0 Å². The summed E-state index contributed by atoms with van der Waals surface area (Å²) >= 11 is 0. The minimum Gasteiger partial charge on any atom is -0.352 e. The Morgan fingerprint density at radius 2 is 1.42 bits per heavy atom. The van der Waals surface area contributed by atoms with E-state index >= 15 is 0 Å². The number of unbranched alkanes of at least 4 members (excludes halogenated alkanes) is 6. The minimum atomic E-state index is -0.379. The summed E-state index contributed by atoms with van der Waals surface area (Å²) in [5.74, 6) is 3.33. The number of carbonyl (C=O) groups excluding carboxylic acids is 1. The van der Waals surface area contributed by atoms with Gasteiger partial charge in [-0.1, -0.05) is 51.9 Å². The Morgan fingerprint density at radius 1 is 0.923 bits per heavy atom. The number of nitrogens with two attached hydrogens (primary N) is 1. The van der Waals surface area contributed by atoms with Crippen molar-refractivity contribution in [1.29, 1.82) is 0 Å². The van der Waals surface area contributed by atoms with E-state index in [4.69, 9.17) is 5.73 Å². The number of primary amides is 1. The standard InChI is InChI=1S/C23H42N2O/c1-2-21(25-22(24)26)10-8-6-4-3-5-7-9-11-23-15-18-12-19(16-23)14-20(13-18)17-23/h18-21H,2-17H2,1H3,(H3,24,25,26). The minimum absolute atomic E-state index is 0.271. The lowest BCUT2D eigenvalue weighted by Gasteiger charge is -2.57. The molecule has 4 aliphatic carbocycles. The maximum absolute atomic E-state index is 10.9.